The fourth-order valence-corrected chi connectivity index (χ4v) is 4.51. The second-order valence-electron chi connectivity index (χ2n) is 7.66. The van der Waals surface area contributed by atoms with E-state index in [4.69, 9.17) is 4.42 Å². The van der Waals surface area contributed by atoms with Crippen molar-refractivity contribution < 1.29 is 9.21 Å². The minimum Gasteiger partial charge on any atom is -0.467 e. The highest BCUT2D eigenvalue weighted by Gasteiger charge is 2.25. The van der Waals surface area contributed by atoms with E-state index in [1.165, 1.54) is 11.8 Å². The lowest BCUT2D eigenvalue weighted by atomic mass is 10.1. The van der Waals surface area contributed by atoms with Crippen LogP contribution in [0.5, 0.6) is 0 Å². The lowest BCUT2D eigenvalue weighted by molar-refractivity contribution is -0.115. The number of furan rings is 1. The molecule has 4 rings (SSSR count). The number of para-hydroxylation sites is 1. The number of nitrogens with one attached hydrogen (secondary N) is 1. The van der Waals surface area contributed by atoms with Crippen LogP contribution in [0.4, 0.5) is 11.6 Å². The van der Waals surface area contributed by atoms with Gasteiger partial charge in [0.15, 0.2) is 5.16 Å². The van der Waals surface area contributed by atoms with E-state index >= 15 is 0 Å². The van der Waals surface area contributed by atoms with Gasteiger partial charge in [0.25, 0.3) is 0 Å². The number of hydrogen-bond donors (Lipinski definition) is 1. The number of carbonyl (C=O) groups is 1. The third kappa shape index (κ3) is 4.38. The van der Waals surface area contributed by atoms with Crippen molar-refractivity contribution in [2.45, 2.75) is 50.6 Å². The number of anilines is 2. The van der Waals surface area contributed by atoms with Gasteiger partial charge < -0.3 is 14.6 Å². The second-order valence-corrected chi connectivity index (χ2v) is 8.97. The third-order valence-electron chi connectivity index (χ3n) is 5.36. The normalized spacial score (nSPS) is 14.8. The van der Waals surface area contributed by atoms with Crippen molar-refractivity contribution >= 4 is 29.3 Å². The molecule has 1 unspecified atom stereocenters. The first-order valence-corrected chi connectivity index (χ1v) is 11.1. The van der Waals surface area contributed by atoms with Crippen LogP contribution in [0.25, 0.3) is 0 Å². The van der Waals surface area contributed by atoms with Gasteiger partial charge >= 0.3 is 0 Å². The molecule has 1 aliphatic rings. The van der Waals surface area contributed by atoms with Crippen LogP contribution in [-0.4, -0.2) is 39.0 Å². The van der Waals surface area contributed by atoms with Gasteiger partial charge in [0.05, 0.1) is 18.1 Å². The van der Waals surface area contributed by atoms with Gasteiger partial charge in [-0.05, 0) is 56.9 Å². The Morgan fingerprint density at radius 1 is 1.17 bits per heavy atom. The summed E-state index contributed by atoms with van der Waals surface area (Å²) < 4.78 is 7.61. The monoisotopic (exact) mass is 425 g/mol. The minimum atomic E-state index is -0.324. The Morgan fingerprint density at radius 2 is 1.90 bits per heavy atom. The zero-order valence-electron chi connectivity index (χ0n) is 17.6. The van der Waals surface area contributed by atoms with Gasteiger partial charge in [-0.15, -0.1) is 10.2 Å². The lowest BCUT2D eigenvalue weighted by Gasteiger charge is -2.19. The maximum Gasteiger partial charge on any atom is 0.237 e. The smallest absolute Gasteiger partial charge is 0.237 e. The summed E-state index contributed by atoms with van der Waals surface area (Å²) in [6.07, 6.45) is 3.98. The van der Waals surface area contributed by atoms with Crippen molar-refractivity contribution in [3.05, 3.63) is 53.5 Å². The van der Waals surface area contributed by atoms with E-state index in [1.54, 1.807) is 6.26 Å². The molecular weight excluding hydrogens is 398 g/mol. The largest absolute Gasteiger partial charge is 0.467 e. The number of hydrogen-bond acceptors (Lipinski definition) is 6. The fourth-order valence-electron chi connectivity index (χ4n) is 3.66. The quantitative estimate of drug-likeness (QED) is 0.570. The maximum absolute atomic E-state index is 12.9. The van der Waals surface area contributed by atoms with Gasteiger partial charge in [-0.3, -0.25) is 9.36 Å². The second kappa shape index (κ2) is 8.95. The molecule has 2 aromatic heterocycles. The molecule has 0 bridgehead atoms. The molecule has 3 aromatic rings. The van der Waals surface area contributed by atoms with Crippen LogP contribution in [-0.2, 0) is 11.3 Å². The average molecular weight is 426 g/mol. The first-order chi connectivity index (χ1) is 14.5. The molecule has 1 atom stereocenters. The molecule has 3 heterocycles. The Morgan fingerprint density at radius 3 is 2.57 bits per heavy atom. The Labute approximate surface area is 180 Å². The van der Waals surface area contributed by atoms with Gasteiger partial charge in [-0.1, -0.05) is 30.0 Å². The number of aromatic nitrogens is 3. The summed E-state index contributed by atoms with van der Waals surface area (Å²) >= 11 is 1.42. The van der Waals surface area contributed by atoms with E-state index in [1.807, 2.05) is 51.1 Å². The molecule has 30 heavy (non-hydrogen) atoms. The van der Waals surface area contributed by atoms with Crippen molar-refractivity contribution in [2.75, 3.05) is 23.3 Å². The molecule has 1 saturated heterocycles. The van der Waals surface area contributed by atoms with Crippen LogP contribution in [0.2, 0.25) is 0 Å². The van der Waals surface area contributed by atoms with E-state index < -0.39 is 0 Å². The maximum atomic E-state index is 12.9. The molecule has 1 aromatic carbocycles. The van der Waals surface area contributed by atoms with Crippen molar-refractivity contribution in [1.82, 2.24) is 14.8 Å². The molecule has 1 N–H and O–H groups in total. The highest BCUT2D eigenvalue weighted by Crippen LogP contribution is 2.29. The predicted molar refractivity (Wildman–Crippen MR) is 119 cm³/mol. The highest BCUT2D eigenvalue weighted by molar-refractivity contribution is 8.00. The molecule has 1 fully saturated rings. The van der Waals surface area contributed by atoms with Crippen LogP contribution in [0.1, 0.15) is 36.7 Å². The van der Waals surface area contributed by atoms with E-state index in [0.29, 0.717) is 6.54 Å². The van der Waals surface area contributed by atoms with E-state index in [9.17, 15) is 4.79 Å². The lowest BCUT2D eigenvalue weighted by Crippen LogP contribution is -2.25. The number of benzene rings is 1. The van der Waals surface area contributed by atoms with Crippen molar-refractivity contribution in [1.29, 1.82) is 0 Å². The van der Waals surface area contributed by atoms with E-state index in [2.05, 4.69) is 25.0 Å². The number of nitrogens with zero attached hydrogens (tertiary/aromatic N) is 4. The number of thioether (sulfide) groups is 1. The van der Waals surface area contributed by atoms with Crippen molar-refractivity contribution in [3.63, 3.8) is 0 Å². The zero-order valence-corrected chi connectivity index (χ0v) is 18.4. The Hall–Kier alpha value is -2.74. The molecule has 0 radical (unpaired) electrons. The zero-order chi connectivity index (χ0) is 21.1. The first-order valence-electron chi connectivity index (χ1n) is 10.3. The summed E-state index contributed by atoms with van der Waals surface area (Å²) in [6, 6.07) is 9.82. The Balaban J connectivity index is 1.53. The molecule has 0 saturated carbocycles. The molecule has 1 amide bonds. The van der Waals surface area contributed by atoms with Crippen LogP contribution >= 0.6 is 11.8 Å². The van der Waals surface area contributed by atoms with Crippen molar-refractivity contribution in [2.24, 2.45) is 0 Å². The summed E-state index contributed by atoms with van der Waals surface area (Å²) in [4.78, 5) is 15.1. The van der Waals surface area contributed by atoms with Crippen LogP contribution in [0.15, 0.2) is 46.2 Å². The van der Waals surface area contributed by atoms with Crippen molar-refractivity contribution in [3.8, 4) is 0 Å². The fraction of sp³-hybridized carbons (Fsp3) is 0.409. The van der Waals surface area contributed by atoms with Crippen LogP contribution in [0.3, 0.4) is 0 Å². The molecule has 7 nitrogen and oxygen atoms in total. The Kier molecular flexibility index (Phi) is 6.13. The average Bonchev–Trinajstić information content (AvgIpc) is 3.48. The van der Waals surface area contributed by atoms with E-state index in [-0.39, 0.29) is 11.2 Å². The standard InChI is InChI=1S/C22H27N5O2S/c1-15-8-6-9-16(2)19(15)23-20(28)17(3)30-22-25-24-21(26-11-4-5-12-26)27(22)14-18-10-7-13-29-18/h6-10,13,17H,4-5,11-12,14H2,1-3H3,(H,23,28). The van der Waals surface area contributed by atoms with Gasteiger partial charge in [-0.2, -0.15) is 0 Å². The molecule has 0 aliphatic carbocycles. The van der Waals surface area contributed by atoms with Gasteiger partial charge in [0, 0.05) is 18.8 Å². The topological polar surface area (TPSA) is 76.2 Å². The summed E-state index contributed by atoms with van der Waals surface area (Å²) in [5.74, 6) is 1.63. The van der Waals surface area contributed by atoms with Crippen LogP contribution < -0.4 is 10.2 Å². The molecular formula is C22H27N5O2S. The summed E-state index contributed by atoms with van der Waals surface area (Å²) in [7, 11) is 0. The predicted octanol–water partition coefficient (Wildman–Crippen LogP) is 4.26. The number of aryl methyl sites for hydroxylation is 2. The summed E-state index contributed by atoms with van der Waals surface area (Å²) in [5.41, 5.74) is 2.99. The molecule has 158 valence electrons. The molecule has 8 heteroatoms. The van der Waals surface area contributed by atoms with Gasteiger partial charge in [0.1, 0.15) is 5.76 Å². The SMILES string of the molecule is Cc1cccc(C)c1NC(=O)C(C)Sc1nnc(N2CCCC2)n1Cc1ccco1. The number of amides is 1. The highest BCUT2D eigenvalue weighted by atomic mass is 32.2. The number of rotatable bonds is 7. The molecule has 1 aliphatic heterocycles. The third-order valence-corrected chi connectivity index (χ3v) is 6.44. The van der Waals surface area contributed by atoms with Crippen LogP contribution in [0, 0.1) is 13.8 Å². The first kappa shape index (κ1) is 20.5. The molecule has 0 spiro atoms. The Bertz CT molecular complexity index is 988. The number of carbonyl (C=O) groups excluding carboxylic acids is 1. The van der Waals surface area contributed by atoms with Gasteiger partial charge in [-0.25, -0.2) is 0 Å². The summed E-state index contributed by atoms with van der Waals surface area (Å²) in [5, 5.41) is 12.3. The summed E-state index contributed by atoms with van der Waals surface area (Å²) in [6.45, 7) is 8.40. The minimum absolute atomic E-state index is 0.0485. The van der Waals surface area contributed by atoms with Gasteiger partial charge in [0.2, 0.25) is 11.9 Å². The van der Waals surface area contributed by atoms with E-state index in [0.717, 1.165) is 59.6 Å².